The zero-order chi connectivity index (χ0) is 18.5. The second-order valence-corrected chi connectivity index (χ2v) is 6.36. The Morgan fingerprint density at radius 1 is 1.12 bits per heavy atom. The molecule has 0 radical (unpaired) electrons. The molecule has 3 aromatic rings. The molecule has 0 unspecified atom stereocenters. The molecule has 0 spiro atoms. The van der Waals surface area contributed by atoms with E-state index in [0.717, 1.165) is 27.6 Å². The Hall–Kier alpha value is -2.85. The minimum absolute atomic E-state index is 0.179. The third-order valence-corrected chi connectivity index (χ3v) is 4.59. The van der Waals surface area contributed by atoms with Crippen molar-refractivity contribution in [3.63, 3.8) is 0 Å². The number of nitrogens with one attached hydrogen (secondary N) is 1. The van der Waals surface area contributed by atoms with E-state index >= 15 is 0 Å². The molecule has 0 aromatic heterocycles. The molecule has 0 bridgehead atoms. The van der Waals surface area contributed by atoms with Gasteiger partial charge in [0.05, 0.1) is 19.2 Å². The highest BCUT2D eigenvalue weighted by Crippen LogP contribution is 2.25. The predicted octanol–water partition coefficient (Wildman–Crippen LogP) is 4.76. The third-order valence-electron chi connectivity index (χ3n) is 4.25. The van der Waals surface area contributed by atoms with Crippen LogP contribution in [0.25, 0.3) is 10.8 Å². The molecule has 3 rings (SSSR count). The van der Waals surface area contributed by atoms with E-state index in [1.807, 2.05) is 61.5 Å². The first kappa shape index (κ1) is 18.0. The van der Waals surface area contributed by atoms with Crippen LogP contribution in [0.1, 0.15) is 24.0 Å². The van der Waals surface area contributed by atoms with Crippen molar-refractivity contribution < 1.29 is 9.53 Å². The van der Waals surface area contributed by atoms with Crippen LogP contribution in [0.15, 0.2) is 65.8 Å². The van der Waals surface area contributed by atoms with E-state index in [0.29, 0.717) is 5.02 Å². The molecule has 0 fully saturated rings. The molecule has 0 aliphatic rings. The van der Waals surface area contributed by atoms with E-state index < -0.39 is 0 Å². The molecule has 0 aliphatic heterocycles. The second kappa shape index (κ2) is 8.02. The van der Waals surface area contributed by atoms with Crippen molar-refractivity contribution in [3.05, 3.63) is 76.8 Å². The van der Waals surface area contributed by atoms with Gasteiger partial charge in [-0.3, -0.25) is 4.79 Å². The van der Waals surface area contributed by atoms with Crippen molar-refractivity contribution in [1.82, 2.24) is 5.43 Å². The van der Waals surface area contributed by atoms with Crippen LogP contribution in [0.2, 0.25) is 5.02 Å². The van der Waals surface area contributed by atoms with Gasteiger partial charge in [0.15, 0.2) is 0 Å². The number of rotatable bonds is 5. The maximum atomic E-state index is 12.4. The molecule has 5 heteroatoms. The van der Waals surface area contributed by atoms with Crippen LogP contribution < -0.4 is 10.2 Å². The Bertz CT molecular complexity index is 969. The fourth-order valence-corrected chi connectivity index (χ4v) is 2.82. The quantitative estimate of drug-likeness (QED) is 0.523. The average molecular weight is 367 g/mol. The van der Waals surface area contributed by atoms with Crippen molar-refractivity contribution in [1.29, 1.82) is 0 Å². The first-order valence-corrected chi connectivity index (χ1v) is 8.61. The lowest BCUT2D eigenvalue weighted by Crippen LogP contribution is -2.23. The van der Waals surface area contributed by atoms with Crippen LogP contribution in [0.4, 0.5) is 0 Å². The molecule has 0 saturated heterocycles. The standard InChI is InChI=1S/C21H19ClN2O2/c1-14(21(25)24-23-13-18-5-3-4-6-20(18)22)15-7-8-17-12-19(26-2)10-9-16(17)11-15/h3-14H,1-2H3,(H,24,25)/b23-13+/t14-/m0/s1. The summed E-state index contributed by atoms with van der Waals surface area (Å²) in [6, 6.07) is 19.1. The molecule has 26 heavy (non-hydrogen) atoms. The molecular weight excluding hydrogens is 348 g/mol. The molecule has 0 heterocycles. The van der Waals surface area contributed by atoms with E-state index in [1.54, 1.807) is 19.4 Å². The number of amides is 1. The summed E-state index contributed by atoms with van der Waals surface area (Å²) < 4.78 is 5.24. The van der Waals surface area contributed by atoms with Crippen molar-refractivity contribution in [2.75, 3.05) is 7.11 Å². The molecule has 1 N–H and O–H groups in total. The summed E-state index contributed by atoms with van der Waals surface area (Å²) in [5.74, 6) is 0.302. The number of nitrogens with zero attached hydrogens (tertiary/aromatic N) is 1. The van der Waals surface area contributed by atoms with Crippen LogP contribution >= 0.6 is 11.6 Å². The summed E-state index contributed by atoms with van der Waals surface area (Å²) >= 11 is 6.06. The largest absolute Gasteiger partial charge is 0.497 e. The van der Waals surface area contributed by atoms with E-state index in [9.17, 15) is 4.79 Å². The number of carbonyl (C=O) groups is 1. The second-order valence-electron chi connectivity index (χ2n) is 5.95. The number of fused-ring (bicyclic) bond motifs is 1. The van der Waals surface area contributed by atoms with E-state index in [2.05, 4.69) is 10.5 Å². The van der Waals surface area contributed by atoms with Gasteiger partial charge in [-0.05, 0) is 41.5 Å². The van der Waals surface area contributed by atoms with Gasteiger partial charge in [0.2, 0.25) is 5.91 Å². The first-order chi connectivity index (χ1) is 12.6. The highest BCUT2D eigenvalue weighted by Gasteiger charge is 2.15. The van der Waals surface area contributed by atoms with Gasteiger partial charge in [0.1, 0.15) is 5.75 Å². The molecule has 3 aromatic carbocycles. The Morgan fingerprint density at radius 2 is 1.85 bits per heavy atom. The number of benzene rings is 3. The molecule has 1 atom stereocenters. The van der Waals surface area contributed by atoms with Crippen molar-refractivity contribution in [3.8, 4) is 5.75 Å². The topological polar surface area (TPSA) is 50.7 Å². The number of ether oxygens (including phenoxy) is 1. The predicted molar refractivity (Wildman–Crippen MR) is 106 cm³/mol. The van der Waals surface area contributed by atoms with Gasteiger partial charge in [-0.25, -0.2) is 5.43 Å². The summed E-state index contributed by atoms with van der Waals surface area (Å²) in [4.78, 5) is 12.4. The highest BCUT2D eigenvalue weighted by molar-refractivity contribution is 6.33. The molecule has 132 valence electrons. The van der Waals surface area contributed by atoms with Crippen LogP contribution in [-0.2, 0) is 4.79 Å². The Kier molecular flexibility index (Phi) is 5.54. The van der Waals surface area contributed by atoms with Crippen LogP contribution in [0, 0.1) is 0 Å². The van der Waals surface area contributed by atoms with E-state index in [1.165, 1.54) is 0 Å². The Morgan fingerprint density at radius 3 is 2.62 bits per heavy atom. The van der Waals surface area contributed by atoms with Crippen LogP contribution in [0.5, 0.6) is 5.75 Å². The first-order valence-electron chi connectivity index (χ1n) is 8.23. The number of halogens is 1. The molecule has 1 amide bonds. The number of methoxy groups -OCH3 is 1. The smallest absolute Gasteiger partial charge is 0.247 e. The van der Waals surface area contributed by atoms with Crippen molar-refractivity contribution in [2.24, 2.45) is 5.10 Å². The normalized spacial score (nSPS) is 12.3. The third kappa shape index (κ3) is 4.03. The van der Waals surface area contributed by atoms with E-state index in [-0.39, 0.29) is 11.8 Å². The van der Waals surface area contributed by atoms with Gasteiger partial charge >= 0.3 is 0 Å². The Balaban J connectivity index is 1.72. The minimum Gasteiger partial charge on any atom is -0.497 e. The summed E-state index contributed by atoms with van der Waals surface area (Å²) in [5, 5.41) is 6.72. The maximum Gasteiger partial charge on any atom is 0.247 e. The summed E-state index contributed by atoms with van der Waals surface area (Å²) in [7, 11) is 1.64. The van der Waals surface area contributed by atoms with Crippen LogP contribution in [-0.4, -0.2) is 19.2 Å². The average Bonchev–Trinajstić information content (AvgIpc) is 2.67. The van der Waals surface area contributed by atoms with Gasteiger partial charge in [-0.2, -0.15) is 5.10 Å². The summed E-state index contributed by atoms with van der Waals surface area (Å²) in [5.41, 5.74) is 4.25. The molecule has 0 saturated carbocycles. The van der Waals surface area contributed by atoms with Crippen molar-refractivity contribution in [2.45, 2.75) is 12.8 Å². The lowest BCUT2D eigenvalue weighted by Gasteiger charge is -2.11. The fourth-order valence-electron chi connectivity index (χ4n) is 2.63. The molecule has 4 nitrogen and oxygen atoms in total. The van der Waals surface area contributed by atoms with Gasteiger partial charge in [0, 0.05) is 10.6 Å². The van der Waals surface area contributed by atoms with Gasteiger partial charge in [-0.1, -0.05) is 54.1 Å². The number of hydrogen-bond acceptors (Lipinski definition) is 3. The number of hydrogen-bond donors (Lipinski definition) is 1. The summed E-state index contributed by atoms with van der Waals surface area (Å²) in [6.45, 7) is 1.85. The number of hydrazone groups is 1. The number of carbonyl (C=O) groups excluding carboxylic acids is 1. The summed E-state index contributed by atoms with van der Waals surface area (Å²) in [6.07, 6.45) is 1.54. The van der Waals surface area contributed by atoms with Crippen molar-refractivity contribution >= 4 is 34.5 Å². The SMILES string of the molecule is COc1ccc2cc([C@H](C)C(=O)N/N=C/c3ccccc3Cl)ccc2c1. The van der Waals surface area contributed by atoms with Gasteiger partial charge in [-0.15, -0.1) is 0 Å². The van der Waals surface area contributed by atoms with Crippen LogP contribution in [0.3, 0.4) is 0 Å². The lowest BCUT2D eigenvalue weighted by atomic mass is 9.97. The highest BCUT2D eigenvalue weighted by atomic mass is 35.5. The van der Waals surface area contributed by atoms with Gasteiger partial charge < -0.3 is 4.74 Å². The Labute approximate surface area is 157 Å². The molecular formula is C21H19ClN2O2. The maximum absolute atomic E-state index is 12.4. The molecule has 0 aliphatic carbocycles. The van der Waals surface area contributed by atoms with Gasteiger partial charge in [0.25, 0.3) is 0 Å². The monoisotopic (exact) mass is 366 g/mol. The zero-order valence-corrected chi connectivity index (χ0v) is 15.3. The zero-order valence-electron chi connectivity index (χ0n) is 14.6. The lowest BCUT2D eigenvalue weighted by molar-refractivity contribution is -0.122. The fraction of sp³-hybridized carbons (Fsp3) is 0.143. The minimum atomic E-state index is -0.329. The van der Waals surface area contributed by atoms with E-state index in [4.69, 9.17) is 16.3 Å².